The van der Waals surface area contributed by atoms with Crippen molar-refractivity contribution in [2.24, 2.45) is 5.84 Å². The minimum absolute atomic E-state index is 0.00316. The third-order valence-electron chi connectivity index (χ3n) is 2.46. The molecule has 0 atom stereocenters. The first-order valence-electron chi connectivity index (χ1n) is 6.15. The van der Waals surface area contributed by atoms with Crippen molar-refractivity contribution >= 4 is 11.9 Å². The van der Waals surface area contributed by atoms with Gasteiger partial charge in [0.1, 0.15) is 11.6 Å². The number of ether oxygens (including phenoxy) is 1. The molecule has 2 rings (SSSR count). The maximum atomic E-state index is 13.5. The molecule has 0 aliphatic rings. The summed E-state index contributed by atoms with van der Waals surface area (Å²) in [5.41, 5.74) is 2.42. The summed E-state index contributed by atoms with van der Waals surface area (Å²) in [4.78, 5) is 11.8. The quantitative estimate of drug-likeness (QED) is 0.548. The normalized spacial score (nSPS) is 10.3. The molecule has 0 radical (unpaired) electrons. The molecule has 2 aromatic rings. The van der Waals surface area contributed by atoms with Crippen molar-refractivity contribution in [1.82, 2.24) is 15.0 Å². The van der Waals surface area contributed by atoms with Crippen LogP contribution < -0.4 is 21.3 Å². The van der Waals surface area contributed by atoms with E-state index in [0.717, 1.165) is 18.2 Å². The molecule has 1 aromatic carbocycles. The van der Waals surface area contributed by atoms with Gasteiger partial charge in [0.15, 0.2) is 0 Å². The van der Waals surface area contributed by atoms with Gasteiger partial charge in [-0.05, 0) is 25.1 Å². The SMILES string of the molecule is CCOc1nc(NN)nc(NCc2cc(F)ccc2F)n1. The van der Waals surface area contributed by atoms with Gasteiger partial charge in [-0.2, -0.15) is 15.0 Å². The van der Waals surface area contributed by atoms with Crippen molar-refractivity contribution in [1.29, 1.82) is 0 Å². The van der Waals surface area contributed by atoms with E-state index < -0.39 is 11.6 Å². The summed E-state index contributed by atoms with van der Waals surface area (Å²) in [5, 5.41) is 2.76. The second kappa shape index (κ2) is 6.75. The number of aromatic nitrogens is 3. The van der Waals surface area contributed by atoms with Crippen molar-refractivity contribution in [3.05, 3.63) is 35.4 Å². The molecule has 0 bridgehead atoms. The Morgan fingerprint density at radius 3 is 2.67 bits per heavy atom. The van der Waals surface area contributed by atoms with E-state index in [2.05, 4.69) is 25.7 Å². The van der Waals surface area contributed by atoms with Gasteiger partial charge >= 0.3 is 6.01 Å². The Kier molecular flexibility index (Phi) is 4.77. The fraction of sp³-hybridized carbons (Fsp3) is 0.250. The van der Waals surface area contributed by atoms with Crippen LogP contribution in [0.1, 0.15) is 12.5 Å². The van der Waals surface area contributed by atoms with Crippen LogP contribution in [0.5, 0.6) is 6.01 Å². The molecule has 0 unspecified atom stereocenters. The van der Waals surface area contributed by atoms with Gasteiger partial charge in [0, 0.05) is 12.1 Å². The highest BCUT2D eigenvalue weighted by atomic mass is 19.1. The largest absolute Gasteiger partial charge is 0.464 e. The zero-order valence-electron chi connectivity index (χ0n) is 11.2. The number of anilines is 2. The van der Waals surface area contributed by atoms with E-state index in [1.54, 1.807) is 6.92 Å². The van der Waals surface area contributed by atoms with Crippen LogP contribution in [0.25, 0.3) is 0 Å². The third-order valence-corrected chi connectivity index (χ3v) is 2.46. The average Bonchev–Trinajstić information content (AvgIpc) is 2.48. The Bertz CT molecular complexity index is 625. The van der Waals surface area contributed by atoms with Crippen LogP contribution in [0.4, 0.5) is 20.7 Å². The standard InChI is InChI=1S/C12H14F2N6O/c1-2-21-12-18-10(17-11(19-12)20-15)16-6-7-5-8(13)3-4-9(7)14/h3-5H,2,6,15H2,1H3,(H2,16,17,18,19,20). The van der Waals surface area contributed by atoms with Gasteiger partial charge in [-0.25, -0.2) is 14.6 Å². The number of nitrogens with two attached hydrogens (primary N) is 1. The van der Waals surface area contributed by atoms with Gasteiger partial charge < -0.3 is 10.1 Å². The number of rotatable bonds is 6. The predicted octanol–water partition coefficient (Wildman–Crippen LogP) is 1.45. The van der Waals surface area contributed by atoms with Crippen LogP contribution in [-0.4, -0.2) is 21.6 Å². The first kappa shape index (κ1) is 14.9. The summed E-state index contributed by atoms with van der Waals surface area (Å²) in [5.74, 6) is 4.41. The molecule has 21 heavy (non-hydrogen) atoms. The number of nitrogens with one attached hydrogen (secondary N) is 2. The summed E-state index contributed by atoms with van der Waals surface area (Å²) in [6, 6.07) is 3.27. The highest BCUT2D eigenvalue weighted by Gasteiger charge is 2.08. The Balaban J connectivity index is 2.15. The van der Waals surface area contributed by atoms with Crippen molar-refractivity contribution in [2.75, 3.05) is 17.3 Å². The lowest BCUT2D eigenvalue weighted by Crippen LogP contribution is -2.14. The van der Waals surface area contributed by atoms with Crippen molar-refractivity contribution in [3.63, 3.8) is 0 Å². The summed E-state index contributed by atoms with van der Waals surface area (Å²) in [6.45, 7) is 2.14. The zero-order valence-corrected chi connectivity index (χ0v) is 11.2. The van der Waals surface area contributed by atoms with E-state index in [9.17, 15) is 8.78 Å². The molecule has 0 fully saturated rings. The van der Waals surface area contributed by atoms with E-state index in [1.165, 1.54) is 0 Å². The predicted molar refractivity (Wildman–Crippen MR) is 72.5 cm³/mol. The van der Waals surface area contributed by atoms with E-state index in [4.69, 9.17) is 10.6 Å². The fourth-order valence-corrected chi connectivity index (χ4v) is 1.55. The van der Waals surface area contributed by atoms with Gasteiger partial charge in [-0.3, -0.25) is 5.43 Å². The molecule has 0 aliphatic carbocycles. The highest BCUT2D eigenvalue weighted by molar-refractivity contribution is 5.36. The molecule has 0 amide bonds. The first-order valence-corrected chi connectivity index (χ1v) is 6.15. The molecule has 1 aromatic heterocycles. The first-order chi connectivity index (χ1) is 10.1. The van der Waals surface area contributed by atoms with Gasteiger partial charge in [-0.15, -0.1) is 0 Å². The minimum Gasteiger partial charge on any atom is -0.464 e. The molecule has 0 saturated heterocycles. The third kappa shape index (κ3) is 3.96. The lowest BCUT2D eigenvalue weighted by Gasteiger charge is -2.09. The molecule has 0 saturated carbocycles. The number of hydrogen-bond acceptors (Lipinski definition) is 7. The van der Waals surface area contributed by atoms with E-state index >= 15 is 0 Å². The maximum Gasteiger partial charge on any atom is 0.323 e. The molecule has 9 heteroatoms. The lowest BCUT2D eigenvalue weighted by molar-refractivity contribution is 0.312. The number of benzene rings is 1. The van der Waals surface area contributed by atoms with Crippen LogP contribution in [0, 0.1) is 11.6 Å². The molecule has 112 valence electrons. The van der Waals surface area contributed by atoms with Gasteiger partial charge in [0.25, 0.3) is 0 Å². The maximum absolute atomic E-state index is 13.5. The van der Waals surface area contributed by atoms with Crippen LogP contribution in [0.3, 0.4) is 0 Å². The van der Waals surface area contributed by atoms with Crippen LogP contribution in [0.2, 0.25) is 0 Å². The van der Waals surface area contributed by atoms with Crippen LogP contribution in [-0.2, 0) is 6.54 Å². The fourth-order valence-electron chi connectivity index (χ4n) is 1.55. The van der Waals surface area contributed by atoms with Crippen molar-refractivity contribution in [2.45, 2.75) is 13.5 Å². The number of nitrogen functional groups attached to an aromatic ring is 1. The number of hydrogen-bond donors (Lipinski definition) is 3. The molecule has 4 N–H and O–H groups in total. The van der Waals surface area contributed by atoms with E-state index in [0.29, 0.717) is 6.61 Å². The lowest BCUT2D eigenvalue weighted by atomic mass is 10.2. The summed E-state index contributed by atoms with van der Waals surface area (Å²) < 4.78 is 31.7. The molecule has 1 heterocycles. The second-order valence-electron chi connectivity index (χ2n) is 3.93. The number of nitrogens with zero attached hydrogens (tertiary/aromatic N) is 3. The average molecular weight is 296 g/mol. The summed E-state index contributed by atoms with van der Waals surface area (Å²) in [7, 11) is 0. The van der Waals surface area contributed by atoms with Crippen LogP contribution in [0.15, 0.2) is 18.2 Å². The Morgan fingerprint density at radius 2 is 1.95 bits per heavy atom. The van der Waals surface area contributed by atoms with Crippen LogP contribution >= 0.6 is 0 Å². The Morgan fingerprint density at radius 1 is 1.19 bits per heavy atom. The Labute approximate surface area is 119 Å². The second-order valence-corrected chi connectivity index (χ2v) is 3.93. The molecule has 0 aliphatic heterocycles. The van der Waals surface area contributed by atoms with E-state index in [1.807, 2.05) is 0 Å². The number of halogens is 2. The van der Waals surface area contributed by atoms with Gasteiger partial charge in [0.05, 0.1) is 6.61 Å². The molecule has 0 spiro atoms. The van der Waals surface area contributed by atoms with Gasteiger partial charge in [0.2, 0.25) is 11.9 Å². The Hall–Kier alpha value is -2.55. The van der Waals surface area contributed by atoms with Crippen molar-refractivity contribution in [3.8, 4) is 6.01 Å². The van der Waals surface area contributed by atoms with Crippen molar-refractivity contribution < 1.29 is 13.5 Å². The molecule has 7 nitrogen and oxygen atoms in total. The highest BCUT2D eigenvalue weighted by Crippen LogP contribution is 2.14. The summed E-state index contributed by atoms with van der Waals surface area (Å²) in [6.07, 6.45) is 0. The monoisotopic (exact) mass is 296 g/mol. The van der Waals surface area contributed by atoms with E-state index in [-0.39, 0.29) is 30.0 Å². The topological polar surface area (TPSA) is 98.0 Å². The smallest absolute Gasteiger partial charge is 0.323 e. The minimum atomic E-state index is -0.528. The molecular weight excluding hydrogens is 282 g/mol. The summed E-state index contributed by atoms with van der Waals surface area (Å²) >= 11 is 0. The zero-order chi connectivity index (χ0) is 15.2. The molecular formula is C12H14F2N6O. The number of hydrazine groups is 1. The van der Waals surface area contributed by atoms with Gasteiger partial charge in [-0.1, -0.05) is 0 Å².